The number of urea groups is 1. The van der Waals surface area contributed by atoms with Crippen LogP contribution in [0.25, 0.3) is 0 Å². The number of rotatable bonds is 4. The van der Waals surface area contributed by atoms with Crippen molar-refractivity contribution in [2.45, 2.75) is 47.1 Å². The van der Waals surface area contributed by atoms with Gasteiger partial charge in [-0.2, -0.15) is 0 Å². The zero-order valence-corrected chi connectivity index (χ0v) is 13.5. The van der Waals surface area contributed by atoms with Crippen molar-refractivity contribution < 1.29 is 14.7 Å². The molecule has 21 heavy (non-hydrogen) atoms. The first-order chi connectivity index (χ1) is 9.47. The van der Waals surface area contributed by atoms with Crippen LogP contribution in [0.2, 0.25) is 0 Å². The monoisotopic (exact) mass is 292 g/mol. The predicted molar refractivity (Wildman–Crippen MR) is 83.6 cm³/mol. The van der Waals surface area contributed by atoms with Crippen LogP contribution >= 0.6 is 0 Å². The van der Waals surface area contributed by atoms with Gasteiger partial charge in [0.05, 0.1) is 11.0 Å². The fourth-order valence-electron chi connectivity index (χ4n) is 1.81. The molecule has 0 unspecified atom stereocenters. The van der Waals surface area contributed by atoms with Gasteiger partial charge in [-0.25, -0.2) is 4.79 Å². The molecule has 5 heteroatoms. The summed E-state index contributed by atoms with van der Waals surface area (Å²) in [4.78, 5) is 23.4. The van der Waals surface area contributed by atoms with Gasteiger partial charge in [0, 0.05) is 5.69 Å². The second kappa shape index (κ2) is 5.76. The molecule has 0 heterocycles. The van der Waals surface area contributed by atoms with Gasteiger partial charge in [-0.15, -0.1) is 0 Å². The Morgan fingerprint density at radius 1 is 1.10 bits per heavy atom. The number of amides is 2. The first-order valence-electron chi connectivity index (χ1n) is 6.87. The summed E-state index contributed by atoms with van der Waals surface area (Å²) in [5.74, 6) is -0.959. The molecule has 1 rings (SSSR count). The Labute approximate surface area is 125 Å². The minimum absolute atomic E-state index is 0.415. The highest BCUT2D eigenvalue weighted by Gasteiger charge is 2.44. The molecule has 0 spiro atoms. The molecule has 2 amide bonds. The molecule has 0 bridgehead atoms. The zero-order chi connectivity index (χ0) is 16.4. The van der Waals surface area contributed by atoms with E-state index < -0.39 is 23.0 Å². The molecule has 1 aromatic rings. The topological polar surface area (TPSA) is 78.4 Å². The molecular weight excluding hydrogens is 268 g/mol. The van der Waals surface area contributed by atoms with Crippen LogP contribution in [0.1, 0.15) is 38.8 Å². The molecule has 1 aromatic carbocycles. The van der Waals surface area contributed by atoms with Crippen molar-refractivity contribution in [3.8, 4) is 0 Å². The Morgan fingerprint density at radius 3 is 2.14 bits per heavy atom. The third-order valence-electron chi connectivity index (χ3n) is 4.15. The second-order valence-electron chi connectivity index (χ2n) is 6.45. The maximum Gasteiger partial charge on any atom is 0.319 e. The van der Waals surface area contributed by atoms with Crippen molar-refractivity contribution in [2.75, 3.05) is 5.32 Å². The predicted octanol–water partition coefficient (Wildman–Crippen LogP) is 3.31. The summed E-state index contributed by atoms with van der Waals surface area (Å²) < 4.78 is 0. The van der Waals surface area contributed by atoms with E-state index >= 15 is 0 Å². The number of benzene rings is 1. The molecule has 0 aromatic heterocycles. The number of hydrogen-bond acceptors (Lipinski definition) is 2. The maximum atomic E-state index is 12.1. The number of carbonyl (C=O) groups excluding carboxylic acids is 1. The fraction of sp³-hybridized carbons (Fsp3) is 0.500. The Kier molecular flexibility index (Phi) is 4.66. The van der Waals surface area contributed by atoms with Crippen LogP contribution in [0.4, 0.5) is 10.5 Å². The standard InChI is InChI=1S/C16H24N2O3/c1-10-7-8-12(11(2)9-10)17-14(21)18-16(5,6)15(3,4)13(19)20/h7-9H,1-6H3,(H,19,20)(H2,17,18,21). The van der Waals surface area contributed by atoms with Crippen molar-refractivity contribution >= 4 is 17.7 Å². The third-order valence-corrected chi connectivity index (χ3v) is 4.15. The highest BCUT2D eigenvalue weighted by Crippen LogP contribution is 2.30. The smallest absolute Gasteiger partial charge is 0.319 e. The largest absolute Gasteiger partial charge is 0.481 e. The summed E-state index contributed by atoms with van der Waals surface area (Å²) in [6.07, 6.45) is 0. The quantitative estimate of drug-likeness (QED) is 0.796. The number of carboxylic acid groups (broad SMARTS) is 1. The molecule has 3 N–H and O–H groups in total. The highest BCUT2D eigenvalue weighted by molar-refractivity contribution is 5.91. The van der Waals surface area contributed by atoms with Crippen molar-refractivity contribution in [3.05, 3.63) is 29.3 Å². The summed E-state index contributed by atoms with van der Waals surface area (Å²) in [6.45, 7) is 10.5. The Bertz CT molecular complexity index is 563. The minimum atomic E-state index is -1.09. The van der Waals surface area contributed by atoms with Crippen LogP contribution in [-0.4, -0.2) is 22.6 Å². The number of aliphatic carboxylic acids is 1. The number of anilines is 1. The van der Waals surface area contributed by atoms with Crippen molar-refractivity contribution in [3.63, 3.8) is 0 Å². The van der Waals surface area contributed by atoms with E-state index in [1.165, 1.54) is 0 Å². The average molecular weight is 292 g/mol. The summed E-state index contributed by atoms with van der Waals surface area (Å²) in [7, 11) is 0. The summed E-state index contributed by atoms with van der Waals surface area (Å²) in [6, 6.07) is 5.30. The molecular formula is C16H24N2O3. The Morgan fingerprint density at radius 2 is 1.67 bits per heavy atom. The van der Waals surface area contributed by atoms with Crippen LogP contribution in [-0.2, 0) is 4.79 Å². The highest BCUT2D eigenvalue weighted by atomic mass is 16.4. The molecule has 0 atom stereocenters. The third kappa shape index (κ3) is 3.74. The van der Waals surface area contributed by atoms with E-state index in [2.05, 4.69) is 10.6 Å². The fourth-order valence-corrected chi connectivity index (χ4v) is 1.81. The van der Waals surface area contributed by atoms with Gasteiger partial charge >= 0.3 is 12.0 Å². The molecule has 0 aliphatic heterocycles. The van der Waals surface area contributed by atoms with Crippen LogP contribution in [0.15, 0.2) is 18.2 Å². The van der Waals surface area contributed by atoms with Gasteiger partial charge < -0.3 is 15.7 Å². The minimum Gasteiger partial charge on any atom is -0.481 e. The van der Waals surface area contributed by atoms with Gasteiger partial charge in [0.1, 0.15) is 0 Å². The zero-order valence-electron chi connectivity index (χ0n) is 13.5. The summed E-state index contributed by atoms with van der Waals surface area (Å²) >= 11 is 0. The van der Waals surface area contributed by atoms with Gasteiger partial charge in [-0.05, 0) is 53.2 Å². The summed E-state index contributed by atoms with van der Waals surface area (Å²) in [5, 5.41) is 14.8. The SMILES string of the molecule is Cc1ccc(NC(=O)NC(C)(C)C(C)(C)C(=O)O)c(C)c1. The average Bonchev–Trinajstić information content (AvgIpc) is 2.31. The summed E-state index contributed by atoms with van der Waals surface area (Å²) in [5.41, 5.74) is 0.794. The number of carbonyl (C=O) groups is 2. The molecule has 0 aliphatic rings. The molecule has 116 valence electrons. The van der Waals surface area contributed by atoms with E-state index in [0.29, 0.717) is 5.69 Å². The van der Waals surface area contributed by atoms with Gasteiger partial charge in [-0.1, -0.05) is 17.7 Å². The van der Waals surface area contributed by atoms with Crippen molar-refractivity contribution in [1.82, 2.24) is 5.32 Å². The van der Waals surface area contributed by atoms with Crippen molar-refractivity contribution in [1.29, 1.82) is 0 Å². The van der Waals surface area contributed by atoms with Crippen LogP contribution < -0.4 is 10.6 Å². The van der Waals surface area contributed by atoms with E-state index in [1.54, 1.807) is 27.7 Å². The van der Waals surface area contributed by atoms with Crippen LogP contribution in [0.5, 0.6) is 0 Å². The Hall–Kier alpha value is -2.04. The van der Waals surface area contributed by atoms with E-state index in [4.69, 9.17) is 0 Å². The van der Waals surface area contributed by atoms with Crippen LogP contribution in [0.3, 0.4) is 0 Å². The first kappa shape index (κ1) is 17.0. The van der Waals surface area contributed by atoms with Crippen LogP contribution in [0, 0.1) is 19.3 Å². The number of nitrogens with one attached hydrogen (secondary N) is 2. The first-order valence-corrected chi connectivity index (χ1v) is 6.87. The Balaban J connectivity index is 2.84. The number of hydrogen-bond donors (Lipinski definition) is 3. The van der Waals surface area contributed by atoms with Gasteiger partial charge in [0.2, 0.25) is 0 Å². The molecule has 0 aliphatic carbocycles. The van der Waals surface area contributed by atoms with Crippen molar-refractivity contribution in [2.24, 2.45) is 5.41 Å². The molecule has 0 saturated carbocycles. The molecule has 0 radical (unpaired) electrons. The normalized spacial score (nSPS) is 11.9. The van der Waals surface area contributed by atoms with E-state index in [-0.39, 0.29) is 0 Å². The van der Waals surface area contributed by atoms with E-state index in [9.17, 15) is 14.7 Å². The van der Waals surface area contributed by atoms with E-state index in [0.717, 1.165) is 11.1 Å². The molecule has 5 nitrogen and oxygen atoms in total. The van der Waals surface area contributed by atoms with Gasteiger partial charge in [0.15, 0.2) is 0 Å². The number of aryl methyl sites for hydroxylation is 2. The number of carboxylic acids is 1. The lowest BCUT2D eigenvalue weighted by Gasteiger charge is -2.38. The lowest BCUT2D eigenvalue weighted by Crippen LogP contribution is -2.57. The van der Waals surface area contributed by atoms with E-state index in [1.807, 2.05) is 32.0 Å². The molecule has 0 saturated heterocycles. The van der Waals surface area contributed by atoms with Gasteiger partial charge in [-0.3, -0.25) is 4.79 Å². The maximum absolute atomic E-state index is 12.1. The lowest BCUT2D eigenvalue weighted by molar-refractivity contribution is -0.150. The second-order valence-corrected chi connectivity index (χ2v) is 6.45. The molecule has 0 fully saturated rings. The lowest BCUT2D eigenvalue weighted by atomic mass is 9.74. The van der Waals surface area contributed by atoms with Gasteiger partial charge in [0.25, 0.3) is 0 Å².